The van der Waals surface area contributed by atoms with Crippen molar-refractivity contribution >= 4 is 27.5 Å². The summed E-state index contributed by atoms with van der Waals surface area (Å²) >= 11 is 3.42. The summed E-state index contributed by atoms with van der Waals surface area (Å²) in [4.78, 5) is 11.9. The van der Waals surface area contributed by atoms with Crippen molar-refractivity contribution in [2.75, 3.05) is 11.9 Å². The van der Waals surface area contributed by atoms with Crippen LogP contribution in [0.4, 0.5) is 5.69 Å². The number of halogens is 1. The van der Waals surface area contributed by atoms with E-state index in [1.165, 1.54) is 5.56 Å². The first-order valence-corrected chi connectivity index (χ1v) is 7.39. The van der Waals surface area contributed by atoms with E-state index in [0.29, 0.717) is 6.54 Å². The van der Waals surface area contributed by atoms with Gasteiger partial charge >= 0.3 is 0 Å². The third kappa shape index (κ3) is 4.18. The van der Waals surface area contributed by atoms with E-state index in [9.17, 15) is 4.79 Å². The maximum Gasteiger partial charge on any atom is 0.279 e. The molecule has 0 aliphatic heterocycles. The Morgan fingerprint density at radius 2 is 1.80 bits per heavy atom. The number of hydrogen-bond acceptors (Lipinski definition) is 1. The van der Waals surface area contributed by atoms with Gasteiger partial charge in [0, 0.05) is 10.0 Å². The molecule has 0 saturated carbocycles. The van der Waals surface area contributed by atoms with E-state index in [0.717, 1.165) is 10.2 Å². The highest BCUT2D eigenvalue weighted by Crippen LogP contribution is 2.20. The number of hydrogen-bond donors (Lipinski definition) is 2. The monoisotopic (exact) mass is 333 g/mol. The van der Waals surface area contributed by atoms with Gasteiger partial charge in [-0.2, -0.15) is 0 Å². The highest BCUT2D eigenvalue weighted by Gasteiger charge is 2.11. The Labute approximate surface area is 127 Å². The van der Waals surface area contributed by atoms with Gasteiger partial charge in [-0.1, -0.05) is 42.5 Å². The molecule has 2 rings (SSSR count). The van der Waals surface area contributed by atoms with Crippen molar-refractivity contribution in [2.24, 2.45) is 0 Å². The molecule has 0 saturated heterocycles. The van der Waals surface area contributed by atoms with E-state index in [-0.39, 0.29) is 11.9 Å². The van der Waals surface area contributed by atoms with Crippen LogP contribution in [-0.4, -0.2) is 12.5 Å². The number of nitrogens with two attached hydrogens (primary N) is 1. The van der Waals surface area contributed by atoms with E-state index in [4.69, 9.17) is 0 Å². The van der Waals surface area contributed by atoms with E-state index >= 15 is 0 Å². The molecule has 104 valence electrons. The minimum absolute atomic E-state index is 0.000295. The number of carbonyl (C=O) groups is 1. The number of nitrogens with one attached hydrogen (secondary N) is 1. The molecule has 0 fully saturated rings. The van der Waals surface area contributed by atoms with Gasteiger partial charge in [0.25, 0.3) is 5.91 Å². The number of quaternary nitrogens is 1. The van der Waals surface area contributed by atoms with Crippen molar-refractivity contribution in [3.63, 3.8) is 0 Å². The molecule has 0 aliphatic carbocycles. The van der Waals surface area contributed by atoms with Crippen LogP contribution in [0.15, 0.2) is 59.1 Å². The predicted octanol–water partition coefficient (Wildman–Crippen LogP) is 2.71. The second-order valence-corrected chi connectivity index (χ2v) is 5.52. The number of anilines is 1. The SMILES string of the molecule is C[C@H]([NH2+]CC(=O)Nc1ccccc1Br)c1ccccc1. The van der Waals surface area contributed by atoms with Crippen LogP contribution in [0.2, 0.25) is 0 Å². The van der Waals surface area contributed by atoms with Crippen LogP contribution in [0.5, 0.6) is 0 Å². The molecule has 0 spiro atoms. The normalized spacial score (nSPS) is 11.9. The average molecular weight is 334 g/mol. The average Bonchev–Trinajstić information content (AvgIpc) is 2.48. The van der Waals surface area contributed by atoms with Crippen molar-refractivity contribution in [2.45, 2.75) is 13.0 Å². The summed E-state index contributed by atoms with van der Waals surface area (Å²) in [6.07, 6.45) is 0. The van der Waals surface area contributed by atoms with Crippen molar-refractivity contribution < 1.29 is 10.1 Å². The molecule has 0 aliphatic rings. The van der Waals surface area contributed by atoms with Crippen LogP contribution in [-0.2, 0) is 4.79 Å². The zero-order chi connectivity index (χ0) is 14.4. The summed E-state index contributed by atoms with van der Waals surface area (Å²) < 4.78 is 0.893. The minimum Gasteiger partial charge on any atom is -0.333 e. The Morgan fingerprint density at radius 1 is 1.15 bits per heavy atom. The standard InChI is InChI=1S/C16H17BrN2O/c1-12(13-7-3-2-4-8-13)18-11-16(20)19-15-10-6-5-9-14(15)17/h2-10,12,18H,11H2,1H3,(H,19,20)/p+1/t12-/m0/s1. The number of benzene rings is 2. The highest BCUT2D eigenvalue weighted by atomic mass is 79.9. The molecular weight excluding hydrogens is 316 g/mol. The molecule has 2 aromatic carbocycles. The molecule has 20 heavy (non-hydrogen) atoms. The summed E-state index contributed by atoms with van der Waals surface area (Å²) in [5, 5.41) is 4.93. The minimum atomic E-state index is -0.000295. The highest BCUT2D eigenvalue weighted by molar-refractivity contribution is 9.10. The van der Waals surface area contributed by atoms with Gasteiger partial charge in [-0.15, -0.1) is 0 Å². The summed E-state index contributed by atoms with van der Waals surface area (Å²) in [5.74, 6) is -0.000295. The molecule has 0 heterocycles. The van der Waals surface area contributed by atoms with E-state index in [1.807, 2.05) is 47.8 Å². The molecule has 3 N–H and O–H groups in total. The lowest BCUT2D eigenvalue weighted by molar-refractivity contribution is -0.682. The lowest BCUT2D eigenvalue weighted by Crippen LogP contribution is -2.86. The number of rotatable bonds is 5. The van der Waals surface area contributed by atoms with Crippen molar-refractivity contribution in [1.82, 2.24) is 0 Å². The second-order valence-electron chi connectivity index (χ2n) is 4.67. The van der Waals surface area contributed by atoms with Gasteiger partial charge < -0.3 is 10.6 Å². The largest absolute Gasteiger partial charge is 0.333 e. The molecule has 2 aromatic rings. The van der Waals surface area contributed by atoms with Crippen LogP contribution in [0.25, 0.3) is 0 Å². The lowest BCUT2D eigenvalue weighted by atomic mass is 10.1. The quantitative estimate of drug-likeness (QED) is 0.868. The smallest absolute Gasteiger partial charge is 0.279 e. The van der Waals surface area contributed by atoms with Gasteiger partial charge in [0.05, 0.1) is 5.69 Å². The predicted molar refractivity (Wildman–Crippen MR) is 84.4 cm³/mol. The molecule has 1 atom stereocenters. The third-order valence-corrected chi connectivity index (χ3v) is 3.82. The topological polar surface area (TPSA) is 45.7 Å². The molecule has 3 nitrogen and oxygen atoms in total. The van der Waals surface area contributed by atoms with Crippen LogP contribution < -0.4 is 10.6 Å². The molecule has 1 amide bonds. The van der Waals surface area contributed by atoms with Gasteiger partial charge in [0.1, 0.15) is 6.04 Å². The number of amides is 1. The Balaban J connectivity index is 1.85. The van der Waals surface area contributed by atoms with Gasteiger partial charge in [0.15, 0.2) is 6.54 Å². The molecule has 4 heteroatoms. The Morgan fingerprint density at radius 3 is 2.50 bits per heavy atom. The van der Waals surface area contributed by atoms with E-state index < -0.39 is 0 Å². The van der Waals surface area contributed by atoms with Crippen LogP contribution in [0.1, 0.15) is 18.5 Å². The Hall–Kier alpha value is -1.65. The second kappa shape index (κ2) is 7.22. The first-order valence-electron chi connectivity index (χ1n) is 6.59. The van der Waals surface area contributed by atoms with Crippen molar-refractivity contribution in [3.8, 4) is 0 Å². The summed E-state index contributed by atoms with van der Waals surface area (Å²) in [6.45, 7) is 2.50. The summed E-state index contributed by atoms with van der Waals surface area (Å²) in [5.41, 5.74) is 2.03. The van der Waals surface area contributed by atoms with Gasteiger partial charge in [-0.05, 0) is 35.0 Å². The van der Waals surface area contributed by atoms with E-state index in [2.05, 4.69) is 40.3 Å². The molecule has 0 unspecified atom stereocenters. The fourth-order valence-electron chi connectivity index (χ4n) is 1.94. The zero-order valence-electron chi connectivity index (χ0n) is 11.3. The van der Waals surface area contributed by atoms with Gasteiger partial charge in [0.2, 0.25) is 0 Å². The Bertz CT molecular complexity index is 572. The number of para-hydroxylation sites is 1. The van der Waals surface area contributed by atoms with Gasteiger partial charge in [-0.25, -0.2) is 0 Å². The maximum absolute atomic E-state index is 11.9. The zero-order valence-corrected chi connectivity index (χ0v) is 12.9. The van der Waals surface area contributed by atoms with Crippen LogP contribution in [0.3, 0.4) is 0 Å². The molecule has 0 bridgehead atoms. The Kier molecular flexibility index (Phi) is 5.32. The number of carbonyl (C=O) groups excluding carboxylic acids is 1. The summed E-state index contributed by atoms with van der Waals surface area (Å²) in [6, 6.07) is 18.0. The van der Waals surface area contributed by atoms with Crippen molar-refractivity contribution in [1.29, 1.82) is 0 Å². The van der Waals surface area contributed by atoms with Gasteiger partial charge in [-0.3, -0.25) is 4.79 Å². The van der Waals surface area contributed by atoms with Crippen LogP contribution in [0, 0.1) is 0 Å². The van der Waals surface area contributed by atoms with E-state index in [1.54, 1.807) is 0 Å². The lowest BCUT2D eigenvalue weighted by Gasteiger charge is -2.11. The maximum atomic E-state index is 11.9. The fourth-order valence-corrected chi connectivity index (χ4v) is 2.32. The van der Waals surface area contributed by atoms with Crippen molar-refractivity contribution in [3.05, 3.63) is 64.6 Å². The summed E-state index contributed by atoms with van der Waals surface area (Å²) in [7, 11) is 0. The third-order valence-electron chi connectivity index (χ3n) is 3.13. The molecular formula is C16H18BrN2O+. The fraction of sp³-hybridized carbons (Fsp3) is 0.188. The molecule has 0 aromatic heterocycles. The van der Waals surface area contributed by atoms with Crippen LogP contribution >= 0.6 is 15.9 Å². The first-order chi connectivity index (χ1) is 9.66. The molecule has 0 radical (unpaired) electrons. The first kappa shape index (κ1) is 14.8.